The number of hydrogen-bond donors (Lipinski definition) is 0. The van der Waals surface area contributed by atoms with Gasteiger partial charge < -0.3 is 0 Å². The van der Waals surface area contributed by atoms with Gasteiger partial charge in [-0.15, -0.1) is 0 Å². The van der Waals surface area contributed by atoms with Gasteiger partial charge in [-0.1, -0.05) is 164 Å². The molecule has 0 saturated heterocycles. The molecule has 0 bridgehead atoms. The Kier molecular flexibility index (Phi) is 7.53. The molecule has 0 atom stereocenters. The molecular weight excluding hydrogens is 677 g/mol. The minimum atomic E-state index is 0.693. The normalized spacial score (nSPS) is 11.6. The summed E-state index contributed by atoms with van der Waals surface area (Å²) >= 11 is 0. The largest absolute Gasteiger partial charge is 0.228 e. The second kappa shape index (κ2) is 13.2. The van der Waals surface area contributed by atoms with E-state index < -0.39 is 0 Å². The molecule has 0 unspecified atom stereocenters. The van der Waals surface area contributed by atoms with Gasteiger partial charge in [0.15, 0.2) is 5.82 Å². The van der Waals surface area contributed by atoms with Crippen LogP contribution in [0.5, 0.6) is 0 Å². The average Bonchev–Trinajstić information content (AvgIpc) is 3.27. The van der Waals surface area contributed by atoms with Crippen LogP contribution in [-0.4, -0.2) is 9.97 Å². The molecule has 0 saturated carbocycles. The molecule has 2 nitrogen and oxygen atoms in total. The zero-order chi connectivity index (χ0) is 37.0. The van der Waals surface area contributed by atoms with Gasteiger partial charge in [0.05, 0.1) is 11.2 Å². The van der Waals surface area contributed by atoms with E-state index in [-0.39, 0.29) is 0 Å². The highest BCUT2D eigenvalue weighted by atomic mass is 14.9. The average molecular weight is 711 g/mol. The Hall–Kier alpha value is -7.42. The monoisotopic (exact) mass is 710 g/mol. The fourth-order valence-electron chi connectivity index (χ4n) is 8.58. The van der Waals surface area contributed by atoms with Crippen molar-refractivity contribution < 1.29 is 0 Å². The molecule has 11 aromatic rings. The number of fused-ring (bicyclic) bond motifs is 5. The summed E-state index contributed by atoms with van der Waals surface area (Å²) in [5.74, 6) is 0.693. The highest BCUT2D eigenvalue weighted by Crippen LogP contribution is 2.44. The Balaban J connectivity index is 1.26. The van der Waals surface area contributed by atoms with Crippen LogP contribution in [-0.2, 0) is 0 Å². The molecular formula is C54H34N2. The summed E-state index contributed by atoms with van der Waals surface area (Å²) in [7, 11) is 0. The molecule has 0 amide bonds. The molecule has 0 N–H and O–H groups in total. The minimum absolute atomic E-state index is 0.693. The van der Waals surface area contributed by atoms with Crippen LogP contribution in [0.2, 0.25) is 0 Å². The minimum Gasteiger partial charge on any atom is -0.228 e. The molecule has 0 aliphatic heterocycles. The van der Waals surface area contributed by atoms with Crippen LogP contribution in [0.4, 0.5) is 0 Å². The van der Waals surface area contributed by atoms with Gasteiger partial charge in [-0.25, -0.2) is 9.97 Å². The van der Waals surface area contributed by atoms with Crippen LogP contribution >= 0.6 is 0 Å². The molecule has 1 aromatic heterocycles. The first-order valence-electron chi connectivity index (χ1n) is 19.1. The van der Waals surface area contributed by atoms with E-state index in [4.69, 9.17) is 9.97 Å². The molecule has 0 radical (unpaired) electrons. The lowest BCUT2D eigenvalue weighted by molar-refractivity contribution is 1.23. The SMILES string of the molecule is c1ccc(-c2ccc3c(-c4ccccc4)nc(-c4cc(-c5c6ccccc6cc6ccccc56)cc(-c5c6ccccc6cc6ccccc56)c4)nc3c2)cc1. The molecule has 0 aliphatic carbocycles. The van der Waals surface area contributed by atoms with E-state index in [1.165, 1.54) is 54.2 Å². The van der Waals surface area contributed by atoms with Crippen molar-refractivity contribution in [2.24, 2.45) is 0 Å². The quantitative estimate of drug-likeness (QED) is 0.166. The molecule has 11 rings (SSSR count). The second-order valence-corrected chi connectivity index (χ2v) is 14.5. The van der Waals surface area contributed by atoms with Gasteiger partial charge in [0, 0.05) is 16.5 Å². The van der Waals surface area contributed by atoms with E-state index in [1.807, 2.05) is 0 Å². The molecule has 1 heterocycles. The predicted molar refractivity (Wildman–Crippen MR) is 237 cm³/mol. The fourth-order valence-corrected chi connectivity index (χ4v) is 8.58. The lowest BCUT2D eigenvalue weighted by Crippen LogP contribution is -1.97. The van der Waals surface area contributed by atoms with E-state index in [0.717, 1.165) is 50.0 Å². The van der Waals surface area contributed by atoms with E-state index >= 15 is 0 Å². The third-order valence-corrected chi connectivity index (χ3v) is 11.2. The van der Waals surface area contributed by atoms with Gasteiger partial charge in [-0.05, 0) is 119 Å². The Morgan fingerprint density at radius 2 is 0.679 bits per heavy atom. The fraction of sp³-hybridized carbons (Fsp3) is 0. The van der Waals surface area contributed by atoms with Crippen molar-refractivity contribution in [1.82, 2.24) is 9.97 Å². The zero-order valence-corrected chi connectivity index (χ0v) is 30.5. The predicted octanol–water partition coefficient (Wildman–Crippen LogP) is 14.6. The molecule has 0 aliphatic rings. The van der Waals surface area contributed by atoms with E-state index in [0.29, 0.717) is 5.82 Å². The van der Waals surface area contributed by atoms with Crippen LogP contribution in [0.1, 0.15) is 0 Å². The lowest BCUT2D eigenvalue weighted by Gasteiger charge is -2.18. The van der Waals surface area contributed by atoms with Gasteiger partial charge in [0.2, 0.25) is 0 Å². The van der Waals surface area contributed by atoms with Crippen LogP contribution in [0, 0.1) is 0 Å². The third-order valence-electron chi connectivity index (χ3n) is 11.2. The van der Waals surface area contributed by atoms with Gasteiger partial charge in [-0.3, -0.25) is 0 Å². The maximum Gasteiger partial charge on any atom is 0.160 e. The summed E-state index contributed by atoms with van der Waals surface area (Å²) in [4.78, 5) is 10.9. The van der Waals surface area contributed by atoms with Crippen LogP contribution in [0.3, 0.4) is 0 Å². The smallest absolute Gasteiger partial charge is 0.160 e. The number of rotatable bonds is 5. The molecule has 0 fully saturated rings. The number of benzene rings is 10. The Labute approximate surface area is 325 Å². The molecule has 10 aromatic carbocycles. The maximum absolute atomic E-state index is 5.45. The number of nitrogens with zero attached hydrogens (tertiary/aromatic N) is 2. The van der Waals surface area contributed by atoms with E-state index in [2.05, 4.69) is 206 Å². The van der Waals surface area contributed by atoms with Crippen LogP contribution in [0.15, 0.2) is 206 Å². The summed E-state index contributed by atoms with van der Waals surface area (Å²) in [6.45, 7) is 0. The first kappa shape index (κ1) is 32.0. The first-order chi connectivity index (χ1) is 27.7. The van der Waals surface area contributed by atoms with Crippen molar-refractivity contribution >= 4 is 54.0 Å². The Bertz CT molecular complexity index is 3050. The summed E-state index contributed by atoms with van der Waals surface area (Å²) < 4.78 is 0. The van der Waals surface area contributed by atoms with Crippen molar-refractivity contribution in [3.63, 3.8) is 0 Å². The van der Waals surface area contributed by atoms with E-state index in [1.54, 1.807) is 0 Å². The van der Waals surface area contributed by atoms with Gasteiger partial charge >= 0.3 is 0 Å². The molecule has 260 valence electrons. The zero-order valence-electron chi connectivity index (χ0n) is 30.5. The molecule has 56 heavy (non-hydrogen) atoms. The standard InChI is InChI=1S/C54H34N2/c1-3-15-35(16-4-1)37-27-28-49-50(34-37)55-54(56-53(49)36-17-5-2-6-18-36)44-32-42(51-45-23-11-7-19-38(45)29-39-20-8-12-24-46(39)51)31-43(33-44)52-47-25-13-9-21-40(47)30-41-22-10-14-26-48(41)52/h1-34H. The van der Waals surface area contributed by atoms with Gasteiger partial charge in [0.1, 0.15) is 0 Å². The van der Waals surface area contributed by atoms with Crippen LogP contribution in [0.25, 0.3) is 110 Å². The lowest BCUT2D eigenvalue weighted by atomic mass is 9.87. The molecule has 0 spiro atoms. The Morgan fingerprint density at radius 1 is 0.250 bits per heavy atom. The summed E-state index contributed by atoms with van der Waals surface area (Å²) in [6.07, 6.45) is 0. The van der Waals surface area contributed by atoms with Crippen LogP contribution < -0.4 is 0 Å². The van der Waals surface area contributed by atoms with Gasteiger partial charge in [-0.2, -0.15) is 0 Å². The highest BCUT2D eigenvalue weighted by molar-refractivity contribution is 6.16. The van der Waals surface area contributed by atoms with Crippen molar-refractivity contribution in [3.8, 4) is 56.0 Å². The maximum atomic E-state index is 5.45. The summed E-state index contributed by atoms with van der Waals surface area (Å²) in [6, 6.07) is 74.2. The highest BCUT2D eigenvalue weighted by Gasteiger charge is 2.19. The summed E-state index contributed by atoms with van der Waals surface area (Å²) in [5, 5.41) is 10.7. The van der Waals surface area contributed by atoms with Crippen molar-refractivity contribution in [3.05, 3.63) is 206 Å². The topological polar surface area (TPSA) is 25.8 Å². The number of hydrogen-bond acceptors (Lipinski definition) is 2. The summed E-state index contributed by atoms with van der Waals surface area (Å²) in [5.41, 5.74) is 10.8. The second-order valence-electron chi connectivity index (χ2n) is 14.5. The molecule has 2 heteroatoms. The van der Waals surface area contributed by atoms with Gasteiger partial charge in [0.25, 0.3) is 0 Å². The Morgan fingerprint density at radius 3 is 1.18 bits per heavy atom. The van der Waals surface area contributed by atoms with Crippen molar-refractivity contribution in [2.45, 2.75) is 0 Å². The first-order valence-corrected chi connectivity index (χ1v) is 19.1. The van der Waals surface area contributed by atoms with Crippen molar-refractivity contribution in [2.75, 3.05) is 0 Å². The number of aromatic nitrogens is 2. The van der Waals surface area contributed by atoms with E-state index in [9.17, 15) is 0 Å². The van der Waals surface area contributed by atoms with Crippen molar-refractivity contribution in [1.29, 1.82) is 0 Å². The third kappa shape index (κ3) is 5.42.